The van der Waals surface area contributed by atoms with Gasteiger partial charge in [0.1, 0.15) is 0 Å². The Bertz CT molecular complexity index is 685. The highest BCUT2D eigenvalue weighted by Gasteiger charge is 2.63. The topological polar surface area (TPSA) is 70.1 Å². The highest BCUT2D eigenvalue weighted by atomic mass is 16.5. The SMILES string of the molecule is CCN1C(=O)N(CC)[C@@H](O)[C@@]2(OC=CC2c2ccc(C)cc2)C1=O. The minimum Gasteiger partial charge on any atom is -0.479 e. The zero-order valence-corrected chi connectivity index (χ0v) is 14.1. The zero-order chi connectivity index (χ0) is 17.5. The fraction of sp³-hybridized carbons (Fsp3) is 0.444. The average molecular weight is 330 g/mol. The lowest BCUT2D eigenvalue weighted by Gasteiger charge is -2.48. The van der Waals surface area contributed by atoms with Crippen molar-refractivity contribution in [2.75, 3.05) is 13.1 Å². The molecule has 1 aromatic carbocycles. The van der Waals surface area contributed by atoms with Crippen molar-refractivity contribution in [3.05, 3.63) is 47.7 Å². The van der Waals surface area contributed by atoms with Gasteiger partial charge >= 0.3 is 6.03 Å². The van der Waals surface area contributed by atoms with Gasteiger partial charge in [-0.3, -0.25) is 14.6 Å². The summed E-state index contributed by atoms with van der Waals surface area (Å²) in [5.41, 5.74) is 0.435. The second kappa shape index (κ2) is 5.94. The molecule has 3 atom stereocenters. The summed E-state index contributed by atoms with van der Waals surface area (Å²) in [4.78, 5) is 27.9. The first-order valence-electron chi connectivity index (χ1n) is 8.19. The van der Waals surface area contributed by atoms with Crippen molar-refractivity contribution in [1.29, 1.82) is 0 Å². The minimum atomic E-state index is -1.53. The van der Waals surface area contributed by atoms with Gasteiger partial charge in [0.2, 0.25) is 5.60 Å². The van der Waals surface area contributed by atoms with E-state index in [1.54, 1.807) is 19.9 Å². The predicted molar refractivity (Wildman–Crippen MR) is 88.0 cm³/mol. The second-order valence-electron chi connectivity index (χ2n) is 6.12. The molecule has 6 nitrogen and oxygen atoms in total. The van der Waals surface area contributed by atoms with Crippen molar-refractivity contribution in [3.63, 3.8) is 0 Å². The Morgan fingerprint density at radius 2 is 1.83 bits per heavy atom. The molecule has 0 radical (unpaired) electrons. The lowest BCUT2D eigenvalue weighted by Crippen LogP contribution is -2.72. The number of carbonyl (C=O) groups is 2. The van der Waals surface area contributed by atoms with Crippen LogP contribution in [0.15, 0.2) is 36.6 Å². The summed E-state index contributed by atoms with van der Waals surface area (Å²) >= 11 is 0. The van der Waals surface area contributed by atoms with E-state index in [2.05, 4.69) is 0 Å². The van der Waals surface area contributed by atoms with Crippen LogP contribution in [0.5, 0.6) is 0 Å². The smallest absolute Gasteiger partial charge is 0.328 e. The van der Waals surface area contributed by atoms with Crippen LogP contribution in [0, 0.1) is 6.92 Å². The van der Waals surface area contributed by atoms with Gasteiger partial charge in [0.15, 0.2) is 6.23 Å². The number of nitrogens with zero attached hydrogens (tertiary/aromatic N) is 2. The van der Waals surface area contributed by atoms with Crippen molar-refractivity contribution in [3.8, 4) is 0 Å². The number of benzene rings is 1. The van der Waals surface area contributed by atoms with E-state index < -0.39 is 29.7 Å². The molecular formula is C18H22N2O4. The lowest BCUT2D eigenvalue weighted by atomic mass is 9.78. The maximum Gasteiger partial charge on any atom is 0.328 e. The number of imide groups is 1. The number of ether oxygens (including phenoxy) is 1. The summed E-state index contributed by atoms with van der Waals surface area (Å²) in [5, 5.41) is 10.9. The largest absolute Gasteiger partial charge is 0.479 e. The zero-order valence-electron chi connectivity index (χ0n) is 14.1. The maximum absolute atomic E-state index is 13.1. The van der Waals surface area contributed by atoms with Crippen LogP contribution < -0.4 is 0 Å². The minimum absolute atomic E-state index is 0.229. The van der Waals surface area contributed by atoms with Crippen LogP contribution in [0.2, 0.25) is 0 Å². The van der Waals surface area contributed by atoms with Gasteiger partial charge in [0, 0.05) is 13.1 Å². The number of hydrogen-bond donors (Lipinski definition) is 1. The first-order valence-corrected chi connectivity index (χ1v) is 8.19. The molecule has 24 heavy (non-hydrogen) atoms. The van der Waals surface area contributed by atoms with Crippen LogP contribution in [0.3, 0.4) is 0 Å². The van der Waals surface area contributed by atoms with Crippen LogP contribution in [0.1, 0.15) is 30.9 Å². The molecule has 1 aromatic rings. The molecule has 3 amide bonds. The summed E-state index contributed by atoms with van der Waals surface area (Å²) in [6.07, 6.45) is 1.87. The number of amides is 3. The third-order valence-corrected chi connectivity index (χ3v) is 4.82. The van der Waals surface area contributed by atoms with Gasteiger partial charge in [-0.2, -0.15) is 0 Å². The van der Waals surface area contributed by atoms with Crippen LogP contribution in [0.25, 0.3) is 0 Å². The van der Waals surface area contributed by atoms with Crippen molar-refractivity contribution in [2.24, 2.45) is 0 Å². The quantitative estimate of drug-likeness (QED) is 0.920. The molecule has 0 aliphatic carbocycles. The maximum atomic E-state index is 13.1. The van der Waals surface area contributed by atoms with Gasteiger partial charge in [0.05, 0.1) is 12.2 Å². The van der Waals surface area contributed by atoms with Gasteiger partial charge in [-0.05, 0) is 32.4 Å². The van der Waals surface area contributed by atoms with E-state index in [1.165, 1.54) is 11.2 Å². The summed E-state index contributed by atoms with van der Waals surface area (Å²) < 4.78 is 5.70. The van der Waals surface area contributed by atoms with Gasteiger partial charge in [0.25, 0.3) is 5.91 Å². The lowest BCUT2D eigenvalue weighted by molar-refractivity contribution is -0.188. The first kappa shape index (κ1) is 16.5. The molecule has 2 aliphatic heterocycles. The van der Waals surface area contributed by atoms with E-state index in [9.17, 15) is 14.7 Å². The number of aryl methyl sites for hydroxylation is 1. The molecule has 6 heteroatoms. The molecule has 2 heterocycles. The number of aliphatic hydroxyl groups is 1. The van der Waals surface area contributed by atoms with Crippen molar-refractivity contribution >= 4 is 11.9 Å². The highest BCUT2D eigenvalue weighted by Crippen LogP contribution is 2.45. The molecule has 0 bridgehead atoms. The number of likely N-dealkylation sites (N-methyl/N-ethyl adjacent to an activating group) is 2. The number of hydrogen-bond acceptors (Lipinski definition) is 4. The standard InChI is InChI=1S/C18H22N2O4/c1-4-19-15(21)18(16(22)20(5-2)17(19)23)14(10-11-24-18)13-8-6-12(3)7-9-13/h6-11,14-15,21H,4-5H2,1-3H3/t14?,15-,18+/m0/s1. The third kappa shape index (κ3) is 2.13. The summed E-state index contributed by atoms with van der Waals surface area (Å²) in [5.74, 6) is -0.959. The van der Waals surface area contributed by atoms with Gasteiger partial charge in [-0.1, -0.05) is 29.8 Å². The van der Waals surface area contributed by atoms with Gasteiger partial charge in [-0.25, -0.2) is 4.79 Å². The predicted octanol–water partition coefficient (Wildman–Crippen LogP) is 1.98. The van der Waals surface area contributed by atoms with Gasteiger partial charge in [-0.15, -0.1) is 0 Å². The van der Waals surface area contributed by atoms with E-state index in [0.717, 1.165) is 16.0 Å². The van der Waals surface area contributed by atoms with Crippen LogP contribution >= 0.6 is 0 Å². The Labute approximate surface area is 141 Å². The van der Waals surface area contributed by atoms with E-state index in [4.69, 9.17) is 4.74 Å². The molecular weight excluding hydrogens is 308 g/mol. The number of urea groups is 1. The molecule has 1 N–H and O–H groups in total. The summed E-state index contributed by atoms with van der Waals surface area (Å²) in [6.45, 7) is 6.00. The fourth-order valence-electron chi connectivity index (χ4n) is 3.47. The fourth-order valence-corrected chi connectivity index (χ4v) is 3.47. The average Bonchev–Trinajstić information content (AvgIpc) is 3.01. The highest BCUT2D eigenvalue weighted by molar-refractivity contribution is 6.03. The van der Waals surface area contributed by atoms with E-state index >= 15 is 0 Å². The molecule has 1 fully saturated rings. The molecule has 0 aromatic heterocycles. The molecule has 1 unspecified atom stereocenters. The Hall–Kier alpha value is -2.34. The van der Waals surface area contributed by atoms with E-state index in [1.807, 2.05) is 31.2 Å². The van der Waals surface area contributed by atoms with Crippen molar-refractivity contribution in [1.82, 2.24) is 9.80 Å². The first-order chi connectivity index (χ1) is 11.5. The molecule has 0 saturated carbocycles. The Kier molecular flexibility index (Phi) is 4.09. The van der Waals surface area contributed by atoms with Crippen LogP contribution in [-0.4, -0.2) is 51.8 Å². The molecule has 3 rings (SSSR count). The monoisotopic (exact) mass is 330 g/mol. The van der Waals surface area contributed by atoms with Gasteiger partial charge < -0.3 is 9.84 Å². The summed E-state index contributed by atoms with van der Waals surface area (Å²) in [6, 6.07) is 7.26. The Morgan fingerprint density at radius 3 is 2.42 bits per heavy atom. The Morgan fingerprint density at radius 1 is 1.17 bits per heavy atom. The van der Waals surface area contributed by atoms with Crippen LogP contribution in [-0.2, 0) is 9.53 Å². The Balaban J connectivity index is 2.09. The second-order valence-corrected chi connectivity index (χ2v) is 6.12. The normalized spacial score (nSPS) is 29.5. The molecule has 1 saturated heterocycles. The number of rotatable bonds is 3. The van der Waals surface area contributed by atoms with E-state index in [0.29, 0.717) is 0 Å². The number of aliphatic hydroxyl groups excluding tert-OH is 1. The molecule has 1 spiro atoms. The molecule has 2 aliphatic rings. The van der Waals surface area contributed by atoms with Crippen molar-refractivity contribution < 1.29 is 19.4 Å². The molecule has 128 valence electrons. The van der Waals surface area contributed by atoms with Crippen molar-refractivity contribution in [2.45, 2.75) is 38.5 Å². The van der Waals surface area contributed by atoms with E-state index in [-0.39, 0.29) is 13.1 Å². The van der Waals surface area contributed by atoms with Crippen LogP contribution in [0.4, 0.5) is 4.79 Å². The number of carbonyl (C=O) groups excluding carboxylic acids is 2. The third-order valence-electron chi connectivity index (χ3n) is 4.82. The summed E-state index contributed by atoms with van der Waals surface area (Å²) in [7, 11) is 0.